The molecule has 2 rings (SSSR count). The number of nitriles is 1. The van der Waals surface area contributed by atoms with Gasteiger partial charge in [-0.05, 0) is 65.2 Å². The maximum Gasteiger partial charge on any atom is 0.267 e. The molecule has 5 heteroatoms. The number of carbonyl (C=O) groups is 1. The van der Waals surface area contributed by atoms with Gasteiger partial charge in [0.05, 0.1) is 0 Å². The zero-order valence-electron chi connectivity index (χ0n) is 15.7. The summed E-state index contributed by atoms with van der Waals surface area (Å²) in [5.74, 6) is -0.395. The fourth-order valence-electron chi connectivity index (χ4n) is 3.71. The molecule has 0 aromatic heterocycles. The van der Waals surface area contributed by atoms with Gasteiger partial charge < -0.3 is 16.0 Å². The lowest BCUT2D eigenvalue weighted by molar-refractivity contribution is -0.112. The number of hydrogen-bond donors (Lipinski definition) is 3. The smallest absolute Gasteiger partial charge is 0.267 e. The SMILES string of the molecule is Cc1cccc(NC(=O)/C(C#N)=C\NC2CC(C)(C)NC(C)(C)C2)c1. The first-order chi connectivity index (χ1) is 11.6. The largest absolute Gasteiger partial charge is 0.387 e. The van der Waals surface area contributed by atoms with Crippen molar-refractivity contribution in [2.24, 2.45) is 0 Å². The molecule has 0 unspecified atom stereocenters. The van der Waals surface area contributed by atoms with Gasteiger partial charge in [0.1, 0.15) is 11.6 Å². The van der Waals surface area contributed by atoms with Crippen LogP contribution >= 0.6 is 0 Å². The second-order valence-electron chi connectivity index (χ2n) is 8.16. The number of rotatable bonds is 4. The minimum atomic E-state index is -0.395. The van der Waals surface area contributed by atoms with Crippen molar-refractivity contribution in [3.05, 3.63) is 41.6 Å². The molecule has 1 heterocycles. The van der Waals surface area contributed by atoms with Crippen molar-refractivity contribution in [1.29, 1.82) is 5.26 Å². The molecule has 1 aliphatic rings. The number of amides is 1. The van der Waals surface area contributed by atoms with Crippen molar-refractivity contribution < 1.29 is 4.79 Å². The highest BCUT2D eigenvalue weighted by molar-refractivity contribution is 6.06. The van der Waals surface area contributed by atoms with E-state index in [9.17, 15) is 10.1 Å². The Hall–Kier alpha value is -2.32. The molecule has 0 aliphatic carbocycles. The summed E-state index contributed by atoms with van der Waals surface area (Å²) in [4.78, 5) is 12.3. The predicted octanol–water partition coefficient (Wildman–Crippen LogP) is 3.24. The van der Waals surface area contributed by atoms with Crippen LogP contribution in [0, 0.1) is 18.3 Å². The number of carbonyl (C=O) groups excluding carboxylic acids is 1. The van der Waals surface area contributed by atoms with E-state index >= 15 is 0 Å². The molecule has 3 N–H and O–H groups in total. The topological polar surface area (TPSA) is 77.0 Å². The van der Waals surface area contributed by atoms with Crippen molar-refractivity contribution in [2.45, 2.75) is 64.6 Å². The van der Waals surface area contributed by atoms with Crippen molar-refractivity contribution in [3.63, 3.8) is 0 Å². The van der Waals surface area contributed by atoms with Crippen LogP contribution in [0.3, 0.4) is 0 Å². The minimum Gasteiger partial charge on any atom is -0.387 e. The third kappa shape index (κ3) is 5.61. The van der Waals surface area contributed by atoms with Crippen LogP contribution in [0.4, 0.5) is 5.69 Å². The highest BCUT2D eigenvalue weighted by Gasteiger charge is 2.37. The highest BCUT2D eigenvalue weighted by atomic mass is 16.1. The summed E-state index contributed by atoms with van der Waals surface area (Å²) in [7, 11) is 0. The van der Waals surface area contributed by atoms with E-state index in [1.165, 1.54) is 0 Å². The maximum atomic E-state index is 12.3. The van der Waals surface area contributed by atoms with Crippen LogP contribution in [0.1, 0.15) is 46.1 Å². The van der Waals surface area contributed by atoms with Gasteiger partial charge in [0, 0.05) is 29.0 Å². The standard InChI is InChI=1S/C20H28N4O/c1-14-7-6-8-16(9-14)23-18(25)15(12-21)13-22-17-10-19(2,3)24-20(4,5)11-17/h6-9,13,17,22,24H,10-11H2,1-5H3,(H,23,25)/b15-13-. The second kappa shape index (κ2) is 7.28. The molecule has 134 valence electrons. The van der Waals surface area contributed by atoms with Crippen LogP contribution in [0.5, 0.6) is 0 Å². The predicted molar refractivity (Wildman–Crippen MR) is 101 cm³/mol. The van der Waals surface area contributed by atoms with Crippen molar-refractivity contribution in [2.75, 3.05) is 5.32 Å². The lowest BCUT2D eigenvalue weighted by Gasteiger charge is -2.46. The fraction of sp³-hybridized carbons (Fsp3) is 0.500. The summed E-state index contributed by atoms with van der Waals surface area (Å²) in [6.07, 6.45) is 3.39. The first-order valence-corrected chi connectivity index (χ1v) is 8.64. The Morgan fingerprint density at radius 2 is 1.92 bits per heavy atom. The van der Waals surface area contributed by atoms with E-state index in [4.69, 9.17) is 0 Å². The third-order valence-corrected chi connectivity index (χ3v) is 4.29. The zero-order chi connectivity index (χ0) is 18.7. The Labute approximate surface area is 150 Å². The Morgan fingerprint density at radius 3 is 2.48 bits per heavy atom. The van der Waals surface area contributed by atoms with E-state index < -0.39 is 5.91 Å². The summed E-state index contributed by atoms with van der Waals surface area (Å²) < 4.78 is 0. The van der Waals surface area contributed by atoms with E-state index in [-0.39, 0.29) is 22.7 Å². The molecule has 5 nitrogen and oxygen atoms in total. The van der Waals surface area contributed by atoms with Gasteiger partial charge in [-0.3, -0.25) is 4.79 Å². The molecular weight excluding hydrogens is 312 g/mol. The molecule has 0 atom stereocenters. The number of benzene rings is 1. The van der Waals surface area contributed by atoms with Crippen molar-refractivity contribution >= 4 is 11.6 Å². The van der Waals surface area contributed by atoms with Gasteiger partial charge in [0.25, 0.3) is 5.91 Å². The third-order valence-electron chi connectivity index (χ3n) is 4.29. The maximum absolute atomic E-state index is 12.3. The Bertz CT molecular complexity index is 697. The average molecular weight is 340 g/mol. The van der Waals surface area contributed by atoms with Crippen molar-refractivity contribution in [1.82, 2.24) is 10.6 Å². The van der Waals surface area contributed by atoms with Gasteiger partial charge in [-0.15, -0.1) is 0 Å². The number of piperidine rings is 1. The number of anilines is 1. The number of nitrogens with one attached hydrogen (secondary N) is 3. The van der Waals surface area contributed by atoms with Gasteiger partial charge in [-0.25, -0.2) is 0 Å². The summed E-state index contributed by atoms with van der Waals surface area (Å²) in [5, 5.41) is 19.0. The molecule has 0 bridgehead atoms. The molecule has 0 spiro atoms. The summed E-state index contributed by atoms with van der Waals surface area (Å²) in [5.41, 5.74) is 1.83. The number of hydrogen-bond acceptors (Lipinski definition) is 4. The van der Waals surface area contributed by atoms with Crippen molar-refractivity contribution in [3.8, 4) is 6.07 Å². The molecule has 1 fully saturated rings. The van der Waals surface area contributed by atoms with Gasteiger partial charge in [0.15, 0.2) is 0 Å². The molecule has 1 aromatic carbocycles. The van der Waals surface area contributed by atoms with Gasteiger partial charge in [-0.1, -0.05) is 12.1 Å². The van der Waals surface area contributed by atoms with Crippen LogP contribution in [0.15, 0.2) is 36.0 Å². The Balaban J connectivity index is 2.04. The zero-order valence-corrected chi connectivity index (χ0v) is 15.7. The lowest BCUT2D eigenvalue weighted by Crippen LogP contribution is -2.61. The normalized spacial score (nSPS) is 19.8. The number of nitrogens with zero attached hydrogens (tertiary/aromatic N) is 1. The van der Waals surface area contributed by atoms with Crippen LogP contribution in [0.2, 0.25) is 0 Å². The summed E-state index contributed by atoms with van der Waals surface area (Å²) in [6.45, 7) is 10.6. The molecule has 1 saturated heterocycles. The highest BCUT2D eigenvalue weighted by Crippen LogP contribution is 2.28. The molecular formula is C20H28N4O. The first kappa shape index (κ1) is 19.0. The van der Waals surface area contributed by atoms with E-state index in [0.29, 0.717) is 5.69 Å². The van der Waals surface area contributed by atoms with Crippen LogP contribution in [-0.4, -0.2) is 23.0 Å². The summed E-state index contributed by atoms with van der Waals surface area (Å²) in [6, 6.07) is 9.71. The van der Waals surface area contributed by atoms with Gasteiger partial charge >= 0.3 is 0 Å². The molecule has 0 radical (unpaired) electrons. The lowest BCUT2D eigenvalue weighted by atomic mass is 9.80. The van der Waals surface area contributed by atoms with Crippen LogP contribution < -0.4 is 16.0 Å². The fourth-order valence-corrected chi connectivity index (χ4v) is 3.71. The first-order valence-electron chi connectivity index (χ1n) is 8.64. The van der Waals surface area contributed by atoms with E-state index in [0.717, 1.165) is 18.4 Å². The van der Waals surface area contributed by atoms with E-state index in [1.807, 2.05) is 37.3 Å². The van der Waals surface area contributed by atoms with Gasteiger partial charge in [0.2, 0.25) is 0 Å². The van der Waals surface area contributed by atoms with Crippen LogP contribution in [-0.2, 0) is 4.79 Å². The van der Waals surface area contributed by atoms with Crippen LogP contribution in [0.25, 0.3) is 0 Å². The summed E-state index contributed by atoms with van der Waals surface area (Å²) >= 11 is 0. The Kier molecular flexibility index (Phi) is 5.54. The number of aryl methyl sites for hydroxylation is 1. The second-order valence-corrected chi connectivity index (χ2v) is 8.16. The monoisotopic (exact) mass is 340 g/mol. The molecule has 1 amide bonds. The Morgan fingerprint density at radius 1 is 1.28 bits per heavy atom. The van der Waals surface area contributed by atoms with Gasteiger partial charge in [-0.2, -0.15) is 5.26 Å². The van der Waals surface area contributed by atoms with E-state index in [1.54, 1.807) is 6.20 Å². The van der Waals surface area contributed by atoms with E-state index in [2.05, 4.69) is 43.6 Å². The molecule has 0 saturated carbocycles. The average Bonchev–Trinajstić information content (AvgIpc) is 2.44. The molecule has 1 aliphatic heterocycles. The molecule has 25 heavy (non-hydrogen) atoms. The molecule has 1 aromatic rings. The quantitative estimate of drug-likeness (QED) is 0.581. The minimum absolute atomic E-state index is 0.00386.